The van der Waals surface area contributed by atoms with Crippen molar-refractivity contribution >= 4 is 27.5 Å². The number of thiazole rings is 1. The maximum absolute atomic E-state index is 11.4. The average molecular weight is 275 g/mol. The van der Waals surface area contributed by atoms with Crippen LogP contribution in [0.4, 0.5) is 0 Å². The second-order valence-corrected chi connectivity index (χ2v) is 6.38. The van der Waals surface area contributed by atoms with Crippen molar-refractivity contribution in [3.8, 4) is 0 Å². The Labute approximate surface area is 116 Å². The first-order valence-corrected chi connectivity index (χ1v) is 7.59. The van der Waals surface area contributed by atoms with Gasteiger partial charge in [0.05, 0.1) is 21.1 Å². The second kappa shape index (κ2) is 4.93. The average Bonchev–Trinajstić information content (AvgIpc) is 3.02. The van der Waals surface area contributed by atoms with Gasteiger partial charge >= 0.3 is 5.97 Å². The monoisotopic (exact) mass is 275 g/mol. The van der Waals surface area contributed by atoms with Crippen molar-refractivity contribution in [2.75, 3.05) is 0 Å². The molecule has 1 N–H and O–H groups in total. The van der Waals surface area contributed by atoms with E-state index in [0.29, 0.717) is 5.92 Å². The molecule has 3 atom stereocenters. The summed E-state index contributed by atoms with van der Waals surface area (Å²) in [6.45, 7) is 2.14. The highest BCUT2D eigenvalue weighted by atomic mass is 32.1. The lowest BCUT2D eigenvalue weighted by molar-refractivity contribution is -0.142. The van der Waals surface area contributed by atoms with E-state index >= 15 is 0 Å². The number of fused-ring (bicyclic) bond motifs is 1. The zero-order valence-electron chi connectivity index (χ0n) is 10.9. The quantitative estimate of drug-likeness (QED) is 0.924. The van der Waals surface area contributed by atoms with Gasteiger partial charge in [0.25, 0.3) is 0 Å². The van der Waals surface area contributed by atoms with Crippen LogP contribution in [-0.2, 0) is 4.79 Å². The molecule has 3 rings (SSSR count). The predicted octanol–water partition coefficient (Wildman–Crippen LogP) is 3.90. The van der Waals surface area contributed by atoms with Gasteiger partial charge < -0.3 is 5.11 Å². The first-order valence-electron chi connectivity index (χ1n) is 6.77. The molecular formula is C15H17NO2S. The van der Waals surface area contributed by atoms with E-state index in [-0.39, 0.29) is 11.8 Å². The van der Waals surface area contributed by atoms with Crippen molar-refractivity contribution in [3.05, 3.63) is 29.3 Å². The van der Waals surface area contributed by atoms with Gasteiger partial charge in [0.1, 0.15) is 0 Å². The maximum atomic E-state index is 11.4. The summed E-state index contributed by atoms with van der Waals surface area (Å²) in [5.41, 5.74) is 0.992. The first kappa shape index (κ1) is 12.6. The topological polar surface area (TPSA) is 50.2 Å². The SMILES string of the molecule is CCC1CC(C(=O)O)C(c2nc3ccccc3s2)C1. The summed E-state index contributed by atoms with van der Waals surface area (Å²) in [5, 5.41) is 10.4. The zero-order valence-corrected chi connectivity index (χ0v) is 11.7. The standard InChI is InChI=1S/C15H17NO2S/c1-2-9-7-10(11(8-9)15(17)18)14-16-12-5-3-4-6-13(12)19-14/h3-6,9-11H,2,7-8H2,1H3,(H,17,18). The molecule has 0 radical (unpaired) electrons. The van der Waals surface area contributed by atoms with Gasteiger partial charge in [-0.1, -0.05) is 25.5 Å². The molecule has 0 aliphatic heterocycles. The fourth-order valence-corrected chi connectivity index (χ4v) is 4.22. The number of carbonyl (C=O) groups is 1. The number of hydrogen-bond acceptors (Lipinski definition) is 3. The second-order valence-electron chi connectivity index (χ2n) is 5.32. The number of rotatable bonds is 3. The number of carboxylic acids is 1. The van der Waals surface area contributed by atoms with Crippen LogP contribution in [0.25, 0.3) is 10.2 Å². The number of hydrogen-bond donors (Lipinski definition) is 1. The number of benzene rings is 1. The molecule has 1 saturated carbocycles. The molecule has 4 heteroatoms. The van der Waals surface area contributed by atoms with Gasteiger partial charge in [0.15, 0.2) is 0 Å². The minimum atomic E-state index is -0.666. The number of aromatic nitrogens is 1. The third-order valence-corrected chi connectivity index (χ3v) is 5.35. The Hall–Kier alpha value is -1.42. The number of aliphatic carboxylic acids is 1. The maximum Gasteiger partial charge on any atom is 0.307 e. The van der Waals surface area contributed by atoms with Gasteiger partial charge in [0, 0.05) is 5.92 Å². The summed E-state index contributed by atoms with van der Waals surface area (Å²) in [5.74, 6) is -0.302. The van der Waals surface area contributed by atoms with E-state index in [4.69, 9.17) is 0 Å². The molecular weight excluding hydrogens is 258 g/mol. The van der Waals surface area contributed by atoms with Gasteiger partial charge in [0.2, 0.25) is 0 Å². The van der Waals surface area contributed by atoms with Gasteiger partial charge in [-0.25, -0.2) is 4.98 Å². The van der Waals surface area contributed by atoms with Crippen molar-refractivity contribution < 1.29 is 9.90 Å². The van der Waals surface area contributed by atoms with E-state index in [1.165, 1.54) is 0 Å². The Morgan fingerprint density at radius 1 is 1.42 bits per heavy atom. The lowest BCUT2D eigenvalue weighted by atomic mass is 9.97. The van der Waals surface area contributed by atoms with Gasteiger partial charge in [-0.2, -0.15) is 0 Å². The molecule has 1 aliphatic carbocycles. The molecule has 1 aliphatic rings. The summed E-state index contributed by atoms with van der Waals surface area (Å²) >= 11 is 1.65. The predicted molar refractivity (Wildman–Crippen MR) is 76.5 cm³/mol. The van der Waals surface area contributed by atoms with Crippen molar-refractivity contribution in [2.45, 2.75) is 32.1 Å². The number of nitrogens with zero attached hydrogens (tertiary/aromatic N) is 1. The summed E-state index contributed by atoms with van der Waals surface area (Å²) < 4.78 is 1.15. The van der Waals surface area contributed by atoms with E-state index in [1.54, 1.807) is 11.3 Å². The van der Waals surface area contributed by atoms with Crippen LogP contribution in [0.3, 0.4) is 0 Å². The van der Waals surface area contributed by atoms with E-state index in [1.807, 2.05) is 18.2 Å². The number of carboxylic acid groups (broad SMARTS) is 1. The van der Waals surface area contributed by atoms with Crippen LogP contribution in [0.15, 0.2) is 24.3 Å². The molecule has 19 heavy (non-hydrogen) atoms. The Morgan fingerprint density at radius 3 is 2.89 bits per heavy atom. The summed E-state index contributed by atoms with van der Waals surface area (Å²) in [6, 6.07) is 8.03. The molecule has 0 spiro atoms. The van der Waals surface area contributed by atoms with Crippen LogP contribution < -0.4 is 0 Å². The van der Waals surface area contributed by atoms with Crippen LogP contribution in [0.1, 0.15) is 37.1 Å². The highest BCUT2D eigenvalue weighted by Gasteiger charge is 2.40. The van der Waals surface area contributed by atoms with E-state index < -0.39 is 5.97 Å². The number of para-hydroxylation sites is 1. The molecule has 1 heterocycles. The smallest absolute Gasteiger partial charge is 0.307 e. The largest absolute Gasteiger partial charge is 0.481 e. The van der Waals surface area contributed by atoms with E-state index in [0.717, 1.165) is 34.5 Å². The lowest BCUT2D eigenvalue weighted by Gasteiger charge is -2.11. The first-order chi connectivity index (χ1) is 9.19. The molecule has 100 valence electrons. The van der Waals surface area contributed by atoms with Gasteiger partial charge in [-0.15, -0.1) is 11.3 Å². The van der Waals surface area contributed by atoms with Crippen LogP contribution >= 0.6 is 11.3 Å². The van der Waals surface area contributed by atoms with E-state index in [9.17, 15) is 9.90 Å². The molecule has 0 saturated heterocycles. The molecule has 3 nitrogen and oxygen atoms in total. The van der Waals surface area contributed by atoms with Crippen LogP contribution in [-0.4, -0.2) is 16.1 Å². The molecule has 0 bridgehead atoms. The molecule has 1 aromatic heterocycles. The van der Waals surface area contributed by atoms with Crippen LogP contribution in [0.2, 0.25) is 0 Å². The zero-order chi connectivity index (χ0) is 13.4. The Balaban J connectivity index is 1.97. The highest BCUT2D eigenvalue weighted by Crippen LogP contribution is 2.46. The van der Waals surface area contributed by atoms with Crippen molar-refractivity contribution in [2.24, 2.45) is 11.8 Å². The van der Waals surface area contributed by atoms with Crippen molar-refractivity contribution in [1.82, 2.24) is 4.98 Å². The third-order valence-electron chi connectivity index (χ3n) is 4.18. The van der Waals surface area contributed by atoms with Crippen molar-refractivity contribution in [3.63, 3.8) is 0 Å². The minimum Gasteiger partial charge on any atom is -0.481 e. The Kier molecular flexibility index (Phi) is 3.27. The summed E-state index contributed by atoms with van der Waals surface area (Å²) in [7, 11) is 0. The molecule has 0 amide bonds. The normalized spacial score (nSPS) is 26.9. The Bertz CT molecular complexity index is 574. The fraction of sp³-hybridized carbons (Fsp3) is 0.467. The van der Waals surface area contributed by atoms with Gasteiger partial charge in [-0.3, -0.25) is 4.79 Å². The molecule has 2 aromatic rings. The minimum absolute atomic E-state index is 0.0971. The highest BCUT2D eigenvalue weighted by molar-refractivity contribution is 7.18. The lowest BCUT2D eigenvalue weighted by Crippen LogP contribution is -2.16. The summed E-state index contributed by atoms with van der Waals surface area (Å²) in [4.78, 5) is 16.1. The Morgan fingerprint density at radius 2 is 2.21 bits per heavy atom. The molecule has 1 fully saturated rings. The summed E-state index contributed by atoms with van der Waals surface area (Å²) in [6.07, 6.45) is 2.82. The van der Waals surface area contributed by atoms with Crippen LogP contribution in [0.5, 0.6) is 0 Å². The fourth-order valence-electron chi connectivity index (χ4n) is 3.07. The molecule has 3 unspecified atom stereocenters. The van der Waals surface area contributed by atoms with Gasteiger partial charge in [-0.05, 0) is 30.9 Å². The van der Waals surface area contributed by atoms with Crippen LogP contribution in [0, 0.1) is 11.8 Å². The third kappa shape index (κ3) is 2.25. The molecule has 1 aromatic carbocycles. The van der Waals surface area contributed by atoms with E-state index in [2.05, 4.69) is 18.0 Å². The van der Waals surface area contributed by atoms with Crippen molar-refractivity contribution in [1.29, 1.82) is 0 Å².